The number of carbonyl (C=O) groups excluding carboxylic acids is 1. The van der Waals surface area contributed by atoms with E-state index < -0.39 is 0 Å². The van der Waals surface area contributed by atoms with E-state index in [9.17, 15) is 4.79 Å². The number of anilines is 2. The van der Waals surface area contributed by atoms with Gasteiger partial charge < -0.3 is 19.2 Å². The highest BCUT2D eigenvalue weighted by Crippen LogP contribution is 2.30. The Hall–Kier alpha value is -3.30. The van der Waals surface area contributed by atoms with Gasteiger partial charge in [-0.05, 0) is 25.8 Å². The zero-order valence-corrected chi connectivity index (χ0v) is 16.9. The standard InChI is InChI=1S/C20H24N8O2/c1-14-16-17(23-13-24-18(16)30-25-14)28-7-2-4-15(12-28)19(29)26-8-10-27(11-9-26)20-21-5-3-6-22-20/h3,5-6,13,15H,2,4,7-12H2,1H3. The van der Waals surface area contributed by atoms with Crippen LogP contribution in [0.5, 0.6) is 0 Å². The van der Waals surface area contributed by atoms with E-state index in [-0.39, 0.29) is 11.8 Å². The van der Waals surface area contributed by atoms with Crippen LogP contribution in [0.25, 0.3) is 11.1 Å². The quantitative estimate of drug-likeness (QED) is 0.634. The summed E-state index contributed by atoms with van der Waals surface area (Å²) >= 11 is 0. The number of aryl methyl sites for hydroxylation is 1. The fourth-order valence-corrected chi connectivity index (χ4v) is 4.35. The number of aromatic nitrogens is 5. The summed E-state index contributed by atoms with van der Waals surface area (Å²) in [7, 11) is 0. The minimum atomic E-state index is -0.0385. The molecule has 10 heteroatoms. The van der Waals surface area contributed by atoms with Crippen LogP contribution in [0.2, 0.25) is 0 Å². The molecule has 3 aromatic rings. The highest BCUT2D eigenvalue weighted by Gasteiger charge is 2.32. The lowest BCUT2D eigenvalue weighted by molar-refractivity contribution is -0.136. The molecule has 0 aromatic carbocycles. The summed E-state index contributed by atoms with van der Waals surface area (Å²) in [5.74, 6) is 1.72. The fraction of sp³-hybridized carbons (Fsp3) is 0.500. The molecule has 1 atom stereocenters. The molecule has 2 aliphatic heterocycles. The number of nitrogens with zero attached hydrogens (tertiary/aromatic N) is 8. The molecule has 30 heavy (non-hydrogen) atoms. The van der Waals surface area contributed by atoms with Crippen molar-refractivity contribution in [3.63, 3.8) is 0 Å². The third-order valence-corrected chi connectivity index (χ3v) is 5.92. The second-order valence-electron chi connectivity index (χ2n) is 7.79. The Balaban J connectivity index is 1.26. The third kappa shape index (κ3) is 3.42. The number of rotatable bonds is 3. The van der Waals surface area contributed by atoms with Gasteiger partial charge in [-0.3, -0.25) is 4.79 Å². The number of fused-ring (bicyclic) bond motifs is 1. The summed E-state index contributed by atoms with van der Waals surface area (Å²) in [5.41, 5.74) is 1.26. The summed E-state index contributed by atoms with van der Waals surface area (Å²) < 4.78 is 5.28. The van der Waals surface area contributed by atoms with Crippen LogP contribution in [0.15, 0.2) is 29.3 Å². The molecule has 0 radical (unpaired) electrons. The first-order valence-electron chi connectivity index (χ1n) is 10.3. The Kier molecular flexibility index (Phi) is 4.89. The molecule has 0 bridgehead atoms. The molecule has 0 saturated carbocycles. The van der Waals surface area contributed by atoms with Gasteiger partial charge in [0.25, 0.3) is 5.71 Å². The predicted octanol–water partition coefficient (Wildman–Crippen LogP) is 1.28. The fourth-order valence-electron chi connectivity index (χ4n) is 4.35. The summed E-state index contributed by atoms with van der Waals surface area (Å²) in [6.45, 7) is 6.28. The molecule has 3 aromatic heterocycles. The molecular formula is C20H24N8O2. The van der Waals surface area contributed by atoms with Crippen molar-refractivity contribution in [2.24, 2.45) is 5.92 Å². The lowest BCUT2D eigenvalue weighted by Crippen LogP contribution is -2.53. The van der Waals surface area contributed by atoms with Gasteiger partial charge in [-0.2, -0.15) is 4.98 Å². The first kappa shape index (κ1) is 18.7. The molecule has 5 rings (SSSR count). The topological polar surface area (TPSA) is 104 Å². The molecule has 1 unspecified atom stereocenters. The average molecular weight is 408 g/mol. The molecule has 156 valence electrons. The van der Waals surface area contributed by atoms with E-state index in [2.05, 4.69) is 34.9 Å². The second kappa shape index (κ2) is 7.85. The summed E-state index contributed by atoms with van der Waals surface area (Å²) in [6, 6.07) is 1.81. The van der Waals surface area contributed by atoms with Gasteiger partial charge in [-0.1, -0.05) is 5.16 Å². The van der Waals surface area contributed by atoms with Crippen LogP contribution < -0.4 is 9.80 Å². The van der Waals surface area contributed by atoms with Gasteiger partial charge in [0, 0.05) is 51.7 Å². The van der Waals surface area contributed by atoms with Gasteiger partial charge >= 0.3 is 0 Å². The molecular weight excluding hydrogens is 384 g/mol. The van der Waals surface area contributed by atoms with Gasteiger partial charge in [0.05, 0.1) is 11.6 Å². The monoisotopic (exact) mass is 408 g/mol. The van der Waals surface area contributed by atoms with E-state index in [0.29, 0.717) is 25.3 Å². The van der Waals surface area contributed by atoms with Crippen LogP contribution in [0.4, 0.5) is 11.8 Å². The van der Waals surface area contributed by atoms with E-state index >= 15 is 0 Å². The number of hydrogen-bond acceptors (Lipinski definition) is 9. The normalized spacial score (nSPS) is 20.0. The number of piperazine rings is 1. The molecule has 10 nitrogen and oxygen atoms in total. The molecule has 0 N–H and O–H groups in total. The van der Waals surface area contributed by atoms with Crippen LogP contribution in [0.1, 0.15) is 18.5 Å². The number of amides is 1. The van der Waals surface area contributed by atoms with Crippen LogP contribution in [-0.2, 0) is 4.79 Å². The Morgan fingerprint density at radius 1 is 1.03 bits per heavy atom. The SMILES string of the molecule is Cc1noc2ncnc(N3CCCC(C(=O)N4CCN(c5ncccn5)CC4)C3)c12. The maximum absolute atomic E-state index is 13.2. The van der Waals surface area contributed by atoms with Crippen molar-refractivity contribution in [3.05, 3.63) is 30.5 Å². The van der Waals surface area contributed by atoms with E-state index in [1.54, 1.807) is 12.4 Å². The number of piperidine rings is 1. The van der Waals surface area contributed by atoms with E-state index in [0.717, 1.165) is 55.3 Å². The summed E-state index contributed by atoms with van der Waals surface area (Å²) in [4.78, 5) is 36.8. The molecule has 2 saturated heterocycles. The van der Waals surface area contributed by atoms with Crippen LogP contribution in [0.3, 0.4) is 0 Å². The summed E-state index contributed by atoms with van der Waals surface area (Å²) in [6.07, 6.45) is 6.84. The van der Waals surface area contributed by atoms with Gasteiger partial charge in [-0.25, -0.2) is 15.0 Å². The van der Waals surface area contributed by atoms with Gasteiger partial charge in [0.15, 0.2) is 0 Å². The van der Waals surface area contributed by atoms with Crippen molar-refractivity contribution < 1.29 is 9.32 Å². The highest BCUT2D eigenvalue weighted by molar-refractivity contribution is 5.88. The Morgan fingerprint density at radius 3 is 2.63 bits per heavy atom. The molecule has 0 spiro atoms. The molecule has 2 fully saturated rings. The molecule has 0 aliphatic carbocycles. The molecule has 1 amide bonds. The van der Waals surface area contributed by atoms with Gasteiger partial charge in [0.1, 0.15) is 17.5 Å². The number of hydrogen-bond donors (Lipinski definition) is 0. The Labute approximate surface area is 173 Å². The van der Waals surface area contributed by atoms with Crippen molar-refractivity contribution >= 4 is 28.8 Å². The zero-order chi connectivity index (χ0) is 20.5. The van der Waals surface area contributed by atoms with Crippen LogP contribution in [-0.4, -0.2) is 75.2 Å². The smallest absolute Gasteiger partial charge is 0.263 e. The average Bonchev–Trinajstić information content (AvgIpc) is 3.20. The van der Waals surface area contributed by atoms with E-state index in [4.69, 9.17) is 4.52 Å². The predicted molar refractivity (Wildman–Crippen MR) is 110 cm³/mol. The van der Waals surface area contributed by atoms with Crippen molar-refractivity contribution in [3.8, 4) is 0 Å². The van der Waals surface area contributed by atoms with Crippen LogP contribution >= 0.6 is 0 Å². The maximum Gasteiger partial charge on any atom is 0.263 e. The lowest BCUT2D eigenvalue weighted by atomic mass is 9.96. The first-order chi connectivity index (χ1) is 14.7. The highest BCUT2D eigenvalue weighted by atomic mass is 16.5. The minimum absolute atomic E-state index is 0.0385. The van der Waals surface area contributed by atoms with E-state index in [1.807, 2.05) is 17.9 Å². The minimum Gasteiger partial charge on any atom is -0.355 e. The number of carbonyl (C=O) groups is 1. The largest absolute Gasteiger partial charge is 0.355 e. The second-order valence-corrected chi connectivity index (χ2v) is 7.79. The van der Waals surface area contributed by atoms with E-state index in [1.165, 1.54) is 6.33 Å². The summed E-state index contributed by atoms with van der Waals surface area (Å²) in [5, 5.41) is 4.85. The first-order valence-corrected chi connectivity index (χ1v) is 10.3. The maximum atomic E-state index is 13.2. The molecule has 5 heterocycles. The zero-order valence-electron chi connectivity index (χ0n) is 16.9. The lowest BCUT2D eigenvalue weighted by Gasteiger charge is -2.39. The van der Waals surface area contributed by atoms with Crippen molar-refractivity contribution in [1.82, 2.24) is 30.0 Å². The Bertz CT molecular complexity index is 1030. The third-order valence-electron chi connectivity index (χ3n) is 5.92. The van der Waals surface area contributed by atoms with Gasteiger partial charge in [-0.15, -0.1) is 0 Å². The van der Waals surface area contributed by atoms with Crippen LogP contribution in [0, 0.1) is 12.8 Å². The Morgan fingerprint density at radius 2 is 1.83 bits per heavy atom. The van der Waals surface area contributed by atoms with Crippen molar-refractivity contribution in [2.45, 2.75) is 19.8 Å². The molecule has 2 aliphatic rings. The van der Waals surface area contributed by atoms with Crippen molar-refractivity contribution in [2.75, 3.05) is 49.1 Å². The van der Waals surface area contributed by atoms with Gasteiger partial charge in [0.2, 0.25) is 11.9 Å². The van der Waals surface area contributed by atoms with Crippen molar-refractivity contribution in [1.29, 1.82) is 0 Å².